The van der Waals surface area contributed by atoms with E-state index in [0.717, 1.165) is 4.68 Å². The Morgan fingerprint density at radius 2 is 1.41 bits per heavy atom. The van der Waals surface area contributed by atoms with E-state index in [1.807, 2.05) is 6.92 Å². The number of benzene rings is 2. The minimum atomic E-state index is -1.27. The highest BCUT2D eigenvalue weighted by atomic mass is 16.6. The summed E-state index contributed by atoms with van der Waals surface area (Å²) in [4.78, 5) is 80.8. The van der Waals surface area contributed by atoms with Gasteiger partial charge in [-0.2, -0.15) is 9.78 Å². The molecule has 0 radical (unpaired) electrons. The van der Waals surface area contributed by atoms with Gasteiger partial charge in [0, 0.05) is 24.3 Å². The van der Waals surface area contributed by atoms with Gasteiger partial charge in [0.25, 0.3) is 23.2 Å². The number of carbonyl (C=O) groups excluding carboxylic acids is 4. The number of aromatic carboxylic acids is 1. The zero-order chi connectivity index (χ0) is 39.1. The number of hydrogen-bond donors (Lipinski definition) is 4. The first-order chi connectivity index (χ1) is 25.8. The third-order valence-corrected chi connectivity index (χ3v) is 7.04. The number of nitro benzene ring substituents is 2. The molecule has 54 heavy (non-hydrogen) atoms. The van der Waals surface area contributed by atoms with Gasteiger partial charge < -0.3 is 34.0 Å². The van der Waals surface area contributed by atoms with Crippen LogP contribution in [0.3, 0.4) is 0 Å². The van der Waals surface area contributed by atoms with E-state index in [1.165, 1.54) is 60.7 Å². The highest BCUT2D eigenvalue weighted by Gasteiger charge is 2.28. The van der Waals surface area contributed by atoms with Crippen molar-refractivity contribution in [3.8, 4) is 0 Å². The van der Waals surface area contributed by atoms with E-state index < -0.39 is 45.4 Å². The van der Waals surface area contributed by atoms with E-state index in [9.17, 15) is 44.2 Å². The molecule has 0 saturated heterocycles. The number of nitrogens with zero attached hydrogens (tertiary/aromatic N) is 5. The van der Waals surface area contributed by atoms with Gasteiger partial charge in [-0.3, -0.25) is 34.9 Å². The largest absolute Gasteiger partial charge is 0.475 e. The first-order valence-electron chi connectivity index (χ1n) is 15.5. The Morgan fingerprint density at radius 1 is 0.833 bits per heavy atom. The molecule has 278 valence electrons. The topological polar surface area (TPSA) is 307 Å². The Kier molecular flexibility index (Phi) is 11.0. The van der Waals surface area contributed by atoms with Crippen LogP contribution < -0.4 is 10.6 Å². The van der Waals surface area contributed by atoms with Gasteiger partial charge in [0.15, 0.2) is 22.8 Å². The highest BCUT2D eigenvalue weighted by molar-refractivity contribution is 6.11. The summed E-state index contributed by atoms with van der Waals surface area (Å²) in [7, 11) is 0. The summed E-state index contributed by atoms with van der Waals surface area (Å²) < 4.78 is 21.3. The number of rotatable bonds is 11. The van der Waals surface area contributed by atoms with E-state index in [0.29, 0.717) is 6.42 Å². The number of carboxylic acid groups (broad SMARTS) is 1. The van der Waals surface area contributed by atoms with Gasteiger partial charge in [-0.15, -0.1) is 5.10 Å². The molecule has 4 heterocycles. The molecular formula is C32H26N8O14. The Bertz CT molecular complexity index is 2440. The van der Waals surface area contributed by atoms with Crippen LogP contribution in [0.4, 0.5) is 27.8 Å². The molecule has 22 heteroatoms. The number of H-pyrrole nitrogens is 1. The van der Waals surface area contributed by atoms with Crippen molar-refractivity contribution in [2.75, 3.05) is 23.8 Å². The maximum Gasteiger partial charge on any atom is 0.435 e. The molecule has 0 saturated carbocycles. The monoisotopic (exact) mass is 746 g/mol. The number of esters is 1. The molecule has 0 unspecified atom stereocenters. The van der Waals surface area contributed by atoms with E-state index in [-0.39, 0.29) is 75.4 Å². The molecule has 2 amide bonds. The molecule has 0 bridgehead atoms. The van der Waals surface area contributed by atoms with Crippen LogP contribution in [0.25, 0.3) is 22.2 Å². The predicted octanol–water partition coefficient (Wildman–Crippen LogP) is 5.38. The summed E-state index contributed by atoms with van der Waals surface area (Å²) in [5.74, 6) is -4.46. The fourth-order valence-electron chi connectivity index (χ4n) is 4.69. The molecule has 0 aliphatic heterocycles. The summed E-state index contributed by atoms with van der Waals surface area (Å²) in [6.45, 7) is 3.64. The zero-order valence-corrected chi connectivity index (χ0v) is 27.9. The Labute approximate surface area is 299 Å². The number of aromatic amines is 1. The number of fused-ring (bicyclic) bond motifs is 2. The van der Waals surface area contributed by atoms with Gasteiger partial charge in [0.2, 0.25) is 11.5 Å². The van der Waals surface area contributed by atoms with Gasteiger partial charge in [0.05, 0.1) is 23.1 Å². The maximum atomic E-state index is 12.7. The normalized spacial score (nSPS) is 10.6. The Hall–Kier alpha value is -7.91. The van der Waals surface area contributed by atoms with Gasteiger partial charge in [-0.1, -0.05) is 31.2 Å². The molecule has 4 N–H and O–H groups in total. The molecule has 4 aromatic heterocycles. The summed E-state index contributed by atoms with van der Waals surface area (Å²) in [6, 6.07) is 13.2. The Morgan fingerprint density at radius 3 is 1.96 bits per heavy atom. The molecule has 0 atom stereocenters. The number of carboxylic acids is 1. The van der Waals surface area contributed by atoms with Crippen molar-refractivity contribution >= 4 is 75.1 Å². The van der Waals surface area contributed by atoms with Crippen molar-refractivity contribution in [3.05, 3.63) is 104 Å². The van der Waals surface area contributed by atoms with E-state index in [2.05, 4.69) is 25.9 Å². The molecule has 0 aliphatic rings. The van der Waals surface area contributed by atoms with Crippen molar-refractivity contribution < 1.29 is 57.2 Å². The van der Waals surface area contributed by atoms with Crippen LogP contribution in [-0.4, -0.2) is 78.0 Å². The van der Waals surface area contributed by atoms with E-state index >= 15 is 0 Å². The second-order valence-electron chi connectivity index (χ2n) is 10.6. The van der Waals surface area contributed by atoms with Crippen LogP contribution in [-0.2, 0) is 9.47 Å². The van der Waals surface area contributed by atoms with Crippen LogP contribution in [0.2, 0.25) is 0 Å². The number of nitro groups is 2. The summed E-state index contributed by atoms with van der Waals surface area (Å²) in [5, 5.41) is 46.0. The summed E-state index contributed by atoms with van der Waals surface area (Å²) >= 11 is 0. The van der Waals surface area contributed by atoms with Crippen molar-refractivity contribution in [1.29, 1.82) is 0 Å². The summed E-state index contributed by atoms with van der Waals surface area (Å²) in [6.07, 6.45) is -0.271. The molecule has 6 aromatic rings. The fourth-order valence-corrected chi connectivity index (χ4v) is 4.69. The Balaban J connectivity index is 0.000000217. The number of hydrogen-bond acceptors (Lipinski definition) is 15. The average Bonchev–Trinajstić information content (AvgIpc) is 3.94. The number of amides is 2. The SMILES string of the molecule is CCCOC(=O)c1cc2c(o1)c(NC(=O)c1ccccc1[N+](=O)[O-])nn2C(=O)OCC.O=C(O)c1cc2[nH]nc(NC(=O)c3ccccc3[N+](=O)[O-])c2o1. The van der Waals surface area contributed by atoms with Gasteiger partial charge in [0.1, 0.15) is 22.2 Å². The van der Waals surface area contributed by atoms with Gasteiger partial charge in [-0.05, 0) is 25.5 Å². The molecular weight excluding hydrogens is 720 g/mol. The van der Waals surface area contributed by atoms with Gasteiger partial charge in [-0.25, -0.2) is 14.4 Å². The predicted molar refractivity (Wildman–Crippen MR) is 182 cm³/mol. The lowest BCUT2D eigenvalue weighted by atomic mass is 10.1. The zero-order valence-electron chi connectivity index (χ0n) is 27.9. The second kappa shape index (κ2) is 16.0. The summed E-state index contributed by atoms with van der Waals surface area (Å²) in [5.41, 5.74) is -0.872. The van der Waals surface area contributed by atoms with Crippen LogP contribution in [0.1, 0.15) is 62.1 Å². The number of ether oxygens (including phenoxy) is 2. The second-order valence-corrected chi connectivity index (χ2v) is 10.6. The maximum absolute atomic E-state index is 12.7. The fraction of sp³-hybridized carbons (Fsp3) is 0.156. The van der Waals surface area contributed by atoms with Crippen molar-refractivity contribution in [1.82, 2.24) is 20.0 Å². The first kappa shape index (κ1) is 37.3. The number of para-hydroxylation sites is 2. The average molecular weight is 747 g/mol. The third-order valence-electron chi connectivity index (χ3n) is 7.04. The van der Waals surface area contributed by atoms with Crippen molar-refractivity contribution in [2.45, 2.75) is 20.3 Å². The molecule has 22 nitrogen and oxygen atoms in total. The number of anilines is 2. The molecule has 6 rings (SSSR count). The van der Waals surface area contributed by atoms with Crippen LogP contribution >= 0.6 is 0 Å². The minimum Gasteiger partial charge on any atom is -0.475 e. The smallest absolute Gasteiger partial charge is 0.435 e. The molecule has 0 fully saturated rings. The highest BCUT2D eigenvalue weighted by Crippen LogP contribution is 2.29. The number of furan rings is 2. The number of nitrogens with one attached hydrogen (secondary N) is 3. The van der Waals surface area contributed by atoms with E-state index in [1.54, 1.807) is 6.92 Å². The minimum absolute atomic E-state index is 0.0364. The molecule has 0 aliphatic carbocycles. The molecule has 2 aromatic carbocycles. The van der Waals surface area contributed by atoms with Crippen LogP contribution in [0, 0.1) is 20.2 Å². The number of carbonyl (C=O) groups is 5. The van der Waals surface area contributed by atoms with Gasteiger partial charge >= 0.3 is 18.0 Å². The molecule has 0 spiro atoms. The lowest BCUT2D eigenvalue weighted by molar-refractivity contribution is -0.385. The third kappa shape index (κ3) is 7.85. The van der Waals surface area contributed by atoms with Crippen LogP contribution in [0.5, 0.6) is 0 Å². The lowest BCUT2D eigenvalue weighted by Gasteiger charge is -2.04. The van der Waals surface area contributed by atoms with Crippen molar-refractivity contribution in [3.63, 3.8) is 0 Å². The number of aromatic nitrogens is 4. The lowest BCUT2D eigenvalue weighted by Crippen LogP contribution is -2.17. The van der Waals surface area contributed by atoms with Crippen LogP contribution in [0.15, 0.2) is 69.5 Å². The first-order valence-corrected chi connectivity index (χ1v) is 15.5. The van der Waals surface area contributed by atoms with Crippen molar-refractivity contribution in [2.24, 2.45) is 0 Å². The quantitative estimate of drug-likeness (QED) is 0.0735. The van der Waals surface area contributed by atoms with E-state index in [4.69, 9.17) is 23.4 Å². The standard InChI is InChI=1S/C19H18N4O8.C13H8N4O6/c1-3-9-30-18(25)14-10-13-15(31-14)16(21-22(13)19(26)29-4-2)20-17(24)11-7-5-6-8-12(11)23(27)28;18-12(6-3-1-2-4-8(6)17(21)22)14-11-10-7(15-16-11)5-9(23-10)13(19)20/h5-8,10H,3-4,9H2,1-2H3,(H,20,21,24);1-5H,(H,19,20)(H2,14,15,16,18).